The first-order valence-corrected chi connectivity index (χ1v) is 9.41. The molecule has 6 heteroatoms. The zero-order valence-electron chi connectivity index (χ0n) is 14.8. The van der Waals surface area contributed by atoms with Gasteiger partial charge < -0.3 is 9.15 Å². The van der Waals surface area contributed by atoms with Gasteiger partial charge in [0.1, 0.15) is 5.75 Å². The van der Waals surface area contributed by atoms with Crippen LogP contribution in [0.3, 0.4) is 0 Å². The van der Waals surface area contributed by atoms with Gasteiger partial charge in [-0.3, -0.25) is 4.79 Å². The number of ether oxygens (including phenoxy) is 1. The number of aromatic nitrogens is 2. The highest BCUT2D eigenvalue weighted by Gasteiger charge is 2.12. The van der Waals surface area contributed by atoms with Crippen molar-refractivity contribution in [3.05, 3.63) is 59.7 Å². The Balaban J connectivity index is 1.59. The molecule has 26 heavy (non-hydrogen) atoms. The van der Waals surface area contributed by atoms with E-state index in [9.17, 15) is 4.79 Å². The van der Waals surface area contributed by atoms with E-state index in [4.69, 9.17) is 9.15 Å². The molecule has 134 valence electrons. The van der Waals surface area contributed by atoms with E-state index in [-0.39, 0.29) is 11.5 Å². The van der Waals surface area contributed by atoms with E-state index in [0.717, 1.165) is 24.2 Å². The predicted octanol–water partition coefficient (Wildman–Crippen LogP) is 4.67. The normalized spacial score (nSPS) is 10.7. The maximum absolute atomic E-state index is 12.3. The second kappa shape index (κ2) is 8.67. The molecule has 0 aliphatic carbocycles. The van der Waals surface area contributed by atoms with Gasteiger partial charge in [-0.1, -0.05) is 49.4 Å². The first-order valence-electron chi connectivity index (χ1n) is 8.42. The highest BCUT2D eigenvalue weighted by molar-refractivity contribution is 7.99. The van der Waals surface area contributed by atoms with Crippen LogP contribution in [-0.2, 0) is 6.42 Å². The van der Waals surface area contributed by atoms with Gasteiger partial charge in [-0.15, -0.1) is 10.2 Å². The van der Waals surface area contributed by atoms with E-state index in [1.165, 1.54) is 17.3 Å². The third-order valence-corrected chi connectivity index (χ3v) is 4.70. The van der Waals surface area contributed by atoms with Crippen LogP contribution in [0.5, 0.6) is 5.75 Å². The smallest absolute Gasteiger partial charge is 0.277 e. The number of Topliss-reactive ketones (excluding diaryl/α,β-unsaturated/α-hetero) is 1. The molecule has 0 spiro atoms. The van der Waals surface area contributed by atoms with Gasteiger partial charge in [-0.2, -0.15) is 0 Å². The van der Waals surface area contributed by atoms with Gasteiger partial charge in [0.25, 0.3) is 5.22 Å². The van der Waals surface area contributed by atoms with Gasteiger partial charge in [0.15, 0.2) is 5.78 Å². The molecule has 0 bridgehead atoms. The van der Waals surface area contributed by atoms with Crippen molar-refractivity contribution in [2.45, 2.75) is 25.0 Å². The number of thioether (sulfide) groups is 1. The number of carbonyl (C=O) groups excluding carboxylic acids is 1. The van der Waals surface area contributed by atoms with Gasteiger partial charge in [-0.05, 0) is 36.2 Å². The zero-order valence-corrected chi connectivity index (χ0v) is 15.6. The van der Waals surface area contributed by atoms with Crippen LogP contribution in [-0.4, -0.2) is 28.8 Å². The van der Waals surface area contributed by atoms with Crippen LogP contribution >= 0.6 is 11.8 Å². The Hall–Kier alpha value is -2.60. The van der Waals surface area contributed by atoms with Gasteiger partial charge in [0, 0.05) is 11.1 Å². The number of ketones is 1. The quantitative estimate of drug-likeness (QED) is 0.425. The average molecular weight is 368 g/mol. The first-order chi connectivity index (χ1) is 12.7. The molecule has 1 aromatic heterocycles. The Bertz CT molecular complexity index is 858. The fourth-order valence-electron chi connectivity index (χ4n) is 2.47. The molecule has 3 aromatic rings. The van der Waals surface area contributed by atoms with Crippen LogP contribution in [0, 0.1) is 0 Å². The van der Waals surface area contributed by atoms with Crippen molar-refractivity contribution in [1.82, 2.24) is 10.2 Å². The van der Waals surface area contributed by atoms with Crippen molar-refractivity contribution in [2.75, 3.05) is 12.9 Å². The van der Waals surface area contributed by atoms with E-state index in [1.54, 1.807) is 7.11 Å². The molecule has 5 nitrogen and oxygen atoms in total. The molecule has 0 atom stereocenters. The van der Waals surface area contributed by atoms with Crippen molar-refractivity contribution >= 4 is 17.5 Å². The lowest BCUT2D eigenvalue weighted by molar-refractivity contribution is 0.102. The lowest BCUT2D eigenvalue weighted by Gasteiger charge is -2.02. The summed E-state index contributed by atoms with van der Waals surface area (Å²) >= 11 is 1.25. The summed E-state index contributed by atoms with van der Waals surface area (Å²) in [4.78, 5) is 12.3. The summed E-state index contributed by atoms with van der Waals surface area (Å²) in [7, 11) is 1.62. The SMILES string of the molecule is CCCc1ccc(C(=O)CSc2nnc(-c3ccc(OC)cc3)o2)cc1. The number of methoxy groups -OCH3 is 1. The minimum atomic E-state index is 0.0437. The Morgan fingerprint density at radius 2 is 1.81 bits per heavy atom. The second-order valence-corrected chi connectivity index (χ2v) is 6.69. The number of aryl methyl sites for hydroxylation is 1. The molecule has 0 fully saturated rings. The molecule has 0 aliphatic rings. The first kappa shape index (κ1) is 18.2. The maximum Gasteiger partial charge on any atom is 0.277 e. The van der Waals surface area contributed by atoms with Crippen LogP contribution in [0.4, 0.5) is 0 Å². The van der Waals surface area contributed by atoms with Gasteiger partial charge in [0.2, 0.25) is 5.89 Å². The third kappa shape index (κ3) is 4.52. The molecule has 2 aromatic carbocycles. The summed E-state index contributed by atoms with van der Waals surface area (Å²) in [6.45, 7) is 2.14. The standard InChI is InChI=1S/C20H20N2O3S/c1-3-4-14-5-7-15(8-6-14)18(23)13-26-20-22-21-19(25-20)16-9-11-17(24-2)12-10-16/h5-12H,3-4,13H2,1-2H3. The summed E-state index contributed by atoms with van der Waals surface area (Å²) in [6, 6.07) is 15.1. The average Bonchev–Trinajstić information content (AvgIpc) is 3.16. The molecule has 0 N–H and O–H groups in total. The van der Waals surface area contributed by atoms with Crippen LogP contribution in [0.1, 0.15) is 29.3 Å². The van der Waals surface area contributed by atoms with Gasteiger partial charge >= 0.3 is 0 Å². The molecular formula is C20H20N2O3S. The van der Waals surface area contributed by atoms with E-state index < -0.39 is 0 Å². The predicted molar refractivity (Wildman–Crippen MR) is 102 cm³/mol. The van der Waals surface area contributed by atoms with Crippen LogP contribution in [0.2, 0.25) is 0 Å². The van der Waals surface area contributed by atoms with E-state index in [0.29, 0.717) is 16.7 Å². The molecule has 0 saturated carbocycles. The Kier molecular flexibility index (Phi) is 6.07. The topological polar surface area (TPSA) is 65.2 Å². The molecular weight excluding hydrogens is 348 g/mol. The molecule has 0 saturated heterocycles. The van der Waals surface area contributed by atoms with E-state index in [1.807, 2.05) is 48.5 Å². The number of nitrogens with zero attached hydrogens (tertiary/aromatic N) is 2. The minimum Gasteiger partial charge on any atom is -0.497 e. The Labute approximate surface area is 156 Å². The molecule has 1 heterocycles. The summed E-state index contributed by atoms with van der Waals surface area (Å²) in [5, 5.41) is 8.42. The Morgan fingerprint density at radius 1 is 1.08 bits per heavy atom. The number of benzene rings is 2. The molecule has 0 amide bonds. The highest BCUT2D eigenvalue weighted by atomic mass is 32.2. The fourth-order valence-corrected chi connectivity index (χ4v) is 3.13. The maximum atomic E-state index is 12.3. The lowest BCUT2D eigenvalue weighted by atomic mass is 10.1. The van der Waals surface area contributed by atoms with Gasteiger partial charge in [-0.25, -0.2) is 0 Å². The van der Waals surface area contributed by atoms with Crippen LogP contribution in [0.15, 0.2) is 58.2 Å². The summed E-state index contributed by atoms with van der Waals surface area (Å²) < 4.78 is 10.8. The third-order valence-electron chi connectivity index (χ3n) is 3.88. The minimum absolute atomic E-state index is 0.0437. The number of hydrogen-bond donors (Lipinski definition) is 0. The monoisotopic (exact) mass is 368 g/mol. The molecule has 0 radical (unpaired) electrons. The number of hydrogen-bond acceptors (Lipinski definition) is 6. The molecule has 3 rings (SSSR count). The molecule has 0 aliphatic heterocycles. The van der Waals surface area contributed by atoms with Crippen molar-refractivity contribution in [1.29, 1.82) is 0 Å². The summed E-state index contributed by atoms with van der Waals surface area (Å²) in [5.74, 6) is 1.49. The van der Waals surface area contributed by atoms with Crippen LogP contribution < -0.4 is 4.74 Å². The summed E-state index contributed by atoms with van der Waals surface area (Å²) in [6.07, 6.45) is 2.12. The fraction of sp³-hybridized carbons (Fsp3) is 0.250. The summed E-state index contributed by atoms with van der Waals surface area (Å²) in [5.41, 5.74) is 2.76. The lowest BCUT2D eigenvalue weighted by Crippen LogP contribution is -2.02. The van der Waals surface area contributed by atoms with Crippen molar-refractivity contribution in [3.8, 4) is 17.2 Å². The highest BCUT2D eigenvalue weighted by Crippen LogP contribution is 2.25. The van der Waals surface area contributed by atoms with Crippen molar-refractivity contribution < 1.29 is 13.9 Å². The number of rotatable bonds is 8. The van der Waals surface area contributed by atoms with Gasteiger partial charge in [0.05, 0.1) is 12.9 Å². The second-order valence-electron chi connectivity index (χ2n) is 5.76. The Morgan fingerprint density at radius 3 is 2.46 bits per heavy atom. The van der Waals surface area contributed by atoms with E-state index in [2.05, 4.69) is 17.1 Å². The zero-order chi connectivity index (χ0) is 18.4. The van der Waals surface area contributed by atoms with Crippen LogP contribution in [0.25, 0.3) is 11.5 Å². The molecule has 0 unspecified atom stereocenters. The number of carbonyl (C=O) groups is 1. The van der Waals surface area contributed by atoms with Crippen molar-refractivity contribution in [3.63, 3.8) is 0 Å². The largest absolute Gasteiger partial charge is 0.497 e. The van der Waals surface area contributed by atoms with E-state index >= 15 is 0 Å². The van der Waals surface area contributed by atoms with Crippen molar-refractivity contribution in [2.24, 2.45) is 0 Å².